The molecule has 0 aliphatic carbocycles. The van der Waals surface area contributed by atoms with Crippen LogP contribution in [0.4, 0.5) is 0 Å². The minimum absolute atomic E-state index is 0. The topological polar surface area (TPSA) is 75.7 Å². The van der Waals surface area contributed by atoms with Crippen molar-refractivity contribution in [1.29, 1.82) is 0 Å². The number of ether oxygens (including phenoxy) is 1. The maximum absolute atomic E-state index is 9.95. The second-order valence-corrected chi connectivity index (χ2v) is 3.36. The minimum Gasteiger partial charge on any atom is -0.809 e. The average molecular weight is 182 g/mol. The molecular weight excluding hydrogens is 177 g/mol. The van der Waals surface area contributed by atoms with Crippen LogP contribution in [0.15, 0.2) is 0 Å². The molecule has 0 radical (unpaired) electrons. The zero-order chi connectivity index (χ0) is 6.36. The molecule has 1 aliphatic rings. The van der Waals surface area contributed by atoms with Crippen molar-refractivity contribution in [2.75, 3.05) is 0 Å². The van der Waals surface area contributed by atoms with E-state index in [1.807, 2.05) is 0 Å². The molecule has 0 spiro atoms. The number of rotatable bonds is 1. The van der Waals surface area contributed by atoms with Gasteiger partial charge in [-0.25, -0.2) is 0 Å². The molecule has 2 unspecified atom stereocenters. The van der Waals surface area contributed by atoms with Crippen LogP contribution >= 0.6 is 7.60 Å². The number of epoxide rings is 1. The molecular formula is C3H5Na2O4P. The van der Waals surface area contributed by atoms with Crippen LogP contribution in [0.3, 0.4) is 0 Å². The molecule has 0 aromatic carbocycles. The molecule has 0 saturated carbocycles. The van der Waals surface area contributed by atoms with Crippen LogP contribution in [0.5, 0.6) is 0 Å². The molecule has 0 bridgehead atoms. The van der Waals surface area contributed by atoms with Crippen molar-refractivity contribution in [3.05, 3.63) is 0 Å². The van der Waals surface area contributed by atoms with Gasteiger partial charge in [0.1, 0.15) is 5.85 Å². The van der Waals surface area contributed by atoms with Crippen LogP contribution in [-0.4, -0.2) is 11.9 Å². The Bertz CT molecular complexity index is 145. The Kier molecular flexibility index (Phi) is 7.27. The van der Waals surface area contributed by atoms with Crippen molar-refractivity contribution in [2.45, 2.75) is 18.9 Å². The molecule has 1 heterocycles. The Labute approximate surface area is 103 Å². The van der Waals surface area contributed by atoms with E-state index in [4.69, 9.17) is 0 Å². The molecule has 0 aromatic rings. The molecule has 10 heavy (non-hydrogen) atoms. The third-order valence-electron chi connectivity index (χ3n) is 0.991. The molecule has 4 nitrogen and oxygen atoms in total. The van der Waals surface area contributed by atoms with E-state index >= 15 is 0 Å². The van der Waals surface area contributed by atoms with Gasteiger partial charge in [0.2, 0.25) is 0 Å². The molecule has 1 fully saturated rings. The van der Waals surface area contributed by atoms with Gasteiger partial charge in [0, 0.05) is 0 Å². The molecule has 48 valence electrons. The Morgan fingerprint density at radius 3 is 1.70 bits per heavy atom. The molecule has 1 saturated heterocycles. The van der Waals surface area contributed by atoms with Crippen LogP contribution in [0.2, 0.25) is 0 Å². The van der Waals surface area contributed by atoms with Crippen molar-refractivity contribution >= 4 is 7.60 Å². The van der Waals surface area contributed by atoms with Gasteiger partial charge in [-0.05, 0) is 14.5 Å². The summed E-state index contributed by atoms with van der Waals surface area (Å²) < 4.78 is 14.3. The Morgan fingerprint density at radius 2 is 1.70 bits per heavy atom. The Morgan fingerprint density at radius 1 is 1.40 bits per heavy atom. The summed E-state index contributed by atoms with van der Waals surface area (Å²) in [6.07, 6.45) is -0.379. The van der Waals surface area contributed by atoms with Gasteiger partial charge < -0.3 is 19.1 Å². The normalized spacial score (nSPS) is 29.9. The summed E-state index contributed by atoms with van der Waals surface area (Å²) in [4.78, 5) is 19.9. The van der Waals surface area contributed by atoms with Crippen LogP contribution in [0.25, 0.3) is 0 Å². The van der Waals surface area contributed by atoms with E-state index in [1.54, 1.807) is 6.92 Å². The molecule has 0 N–H and O–H groups in total. The quantitative estimate of drug-likeness (QED) is 0.229. The Balaban J connectivity index is 0. The van der Waals surface area contributed by atoms with Crippen LogP contribution in [0.1, 0.15) is 6.92 Å². The standard InChI is InChI=1S/C3H7O4P.2Na/c1-2-3(7-2)8(4,5)6;;/h2-3H,1H3,(H2,4,5,6);;/q;2*+1/p-2. The zero-order valence-electron chi connectivity index (χ0n) is 6.23. The first-order valence-electron chi connectivity index (χ1n) is 2.19. The molecule has 1 rings (SSSR count). The third-order valence-corrected chi connectivity index (χ3v) is 2.16. The van der Waals surface area contributed by atoms with Crippen LogP contribution < -0.4 is 68.9 Å². The Hall–Kier alpha value is 2.11. The van der Waals surface area contributed by atoms with Gasteiger partial charge in [-0.3, -0.25) is 0 Å². The van der Waals surface area contributed by atoms with Crippen molar-refractivity contribution < 1.29 is 78.2 Å². The second-order valence-electron chi connectivity index (χ2n) is 1.77. The smallest absolute Gasteiger partial charge is 0.809 e. The van der Waals surface area contributed by atoms with Crippen molar-refractivity contribution in [3.8, 4) is 0 Å². The van der Waals surface area contributed by atoms with Crippen LogP contribution in [0, 0.1) is 0 Å². The van der Waals surface area contributed by atoms with Crippen molar-refractivity contribution in [3.63, 3.8) is 0 Å². The molecule has 2 atom stereocenters. The fourth-order valence-electron chi connectivity index (χ4n) is 0.506. The predicted octanol–water partition coefficient (Wildman–Crippen LogP) is -7.35. The number of hydrogen-bond acceptors (Lipinski definition) is 4. The van der Waals surface area contributed by atoms with E-state index in [0.717, 1.165) is 0 Å². The summed E-state index contributed by atoms with van der Waals surface area (Å²) >= 11 is 0. The summed E-state index contributed by atoms with van der Waals surface area (Å²) in [5.41, 5.74) is 0. The van der Waals surface area contributed by atoms with Gasteiger partial charge in [-0.2, -0.15) is 0 Å². The maximum atomic E-state index is 9.95. The van der Waals surface area contributed by atoms with Gasteiger partial charge in [0.05, 0.1) is 6.10 Å². The van der Waals surface area contributed by atoms with Gasteiger partial charge in [-0.15, -0.1) is 0 Å². The third kappa shape index (κ3) is 4.21. The van der Waals surface area contributed by atoms with E-state index in [2.05, 4.69) is 4.74 Å². The van der Waals surface area contributed by atoms with Gasteiger partial charge in [0.15, 0.2) is 0 Å². The summed E-state index contributed by atoms with van der Waals surface area (Å²) in [7, 11) is -4.40. The van der Waals surface area contributed by atoms with E-state index in [9.17, 15) is 14.4 Å². The van der Waals surface area contributed by atoms with E-state index < -0.39 is 13.4 Å². The number of hydrogen-bond donors (Lipinski definition) is 0. The first kappa shape index (κ1) is 14.6. The summed E-state index contributed by atoms with van der Waals surface area (Å²) in [6, 6.07) is 0. The summed E-state index contributed by atoms with van der Waals surface area (Å²) in [6.45, 7) is 1.55. The van der Waals surface area contributed by atoms with Crippen molar-refractivity contribution in [1.82, 2.24) is 0 Å². The van der Waals surface area contributed by atoms with Crippen molar-refractivity contribution in [2.24, 2.45) is 0 Å². The SMILES string of the molecule is CC1OC1P(=O)([O-])[O-].[Na+].[Na+]. The first-order chi connectivity index (χ1) is 3.52. The average Bonchev–Trinajstić information content (AvgIpc) is 2.13. The molecule has 7 heteroatoms. The van der Waals surface area contributed by atoms with E-state index in [1.165, 1.54) is 0 Å². The van der Waals surface area contributed by atoms with E-state index in [0.29, 0.717) is 0 Å². The molecule has 0 aromatic heterocycles. The van der Waals surface area contributed by atoms with E-state index in [-0.39, 0.29) is 65.2 Å². The fourth-order valence-corrected chi connectivity index (χ4v) is 1.36. The fraction of sp³-hybridized carbons (Fsp3) is 1.00. The monoisotopic (exact) mass is 182 g/mol. The largest absolute Gasteiger partial charge is 1.00 e. The van der Waals surface area contributed by atoms with Gasteiger partial charge >= 0.3 is 59.1 Å². The molecule has 1 aliphatic heterocycles. The predicted molar refractivity (Wildman–Crippen MR) is 21.9 cm³/mol. The minimum atomic E-state index is -4.40. The first-order valence-corrected chi connectivity index (χ1v) is 3.80. The molecule has 0 amide bonds. The van der Waals surface area contributed by atoms with Crippen LogP contribution in [-0.2, 0) is 9.30 Å². The summed E-state index contributed by atoms with van der Waals surface area (Å²) in [5.74, 6) is -1.04. The zero-order valence-corrected chi connectivity index (χ0v) is 11.1. The second kappa shape index (κ2) is 4.97. The summed E-state index contributed by atoms with van der Waals surface area (Å²) in [5, 5.41) is 0. The van der Waals surface area contributed by atoms with Gasteiger partial charge in [-0.1, -0.05) is 0 Å². The maximum Gasteiger partial charge on any atom is 1.00 e. The van der Waals surface area contributed by atoms with Gasteiger partial charge in [0.25, 0.3) is 0 Å².